The standard InChI is InChI=1S/C22H23BrO3S2/c1-14(2)16-5-6-17(12-21(27-3)28(4)24)20(11-16)26-13-15-9-18-7-8-25-22(18)19(23)10-15/h5-12,14H,13H2,1-4H3/b21-12+. The Morgan fingerprint density at radius 2 is 2.07 bits per heavy atom. The third-order valence-electron chi connectivity index (χ3n) is 4.42. The highest BCUT2D eigenvalue weighted by atomic mass is 79.9. The van der Waals surface area contributed by atoms with Crippen LogP contribution in [-0.4, -0.2) is 17.1 Å². The first-order valence-electron chi connectivity index (χ1n) is 8.90. The van der Waals surface area contributed by atoms with Crippen molar-refractivity contribution in [3.63, 3.8) is 0 Å². The molecule has 148 valence electrons. The van der Waals surface area contributed by atoms with Gasteiger partial charge in [-0.2, -0.15) is 0 Å². The molecule has 0 aliphatic heterocycles. The number of furan rings is 1. The van der Waals surface area contributed by atoms with E-state index in [1.165, 1.54) is 17.3 Å². The van der Waals surface area contributed by atoms with E-state index < -0.39 is 11.2 Å². The van der Waals surface area contributed by atoms with E-state index in [-0.39, 0.29) is 0 Å². The van der Waals surface area contributed by atoms with Gasteiger partial charge in [-0.05, 0) is 74.7 Å². The molecule has 3 aromatic rings. The highest BCUT2D eigenvalue weighted by molar-refractivity contribution is 9.10. The van der Waals surface area contributed by atoms with Gasteiger partial charge in [0.05, 0.1) is 10.7 Å². The molecule has 6 heteroatoms. The van der Waals surface area contributed by atoms with Crippen molar-refractivity contribution < 1.29 is 13.7 Å². The highest BCUT2D eigenvalue weighted by Crippen LogP contribution is 2.32. The van der Waals surface area contributed by atoms with Gasteiger partial charge in [0.25, 0.3) is 0 Å². The van der Waals surface area contributed by atoms with Gasteiger partial charge in [-0.3, -0.25) is 0 Å². The zero-order valence-corrected chi connectivity index (χ0v) is 19.5. The third kappa shape index (κ3) is 4.98. The lowest BCUT2D eigenvalue weighted by Gasteiger charge is -2.14. The topological polar surface area (TPSA) is 45.4 Å². The largest absolute Gasteiger partial charge is 0.611 e. The molecule has 2 aromatic carbocycles. The van der Waals surface area contributed by atoms with Gasteiger partial charge in [0.1, 0.15) is 24.2 Å². The van der Waals surface area contributed by atoms with Crippen LogP contribution in [-0.2, 0) is 17.8 Å². The van der Waals surface area contributed by atoms with E-state index in [0.717, 1.165) is 36.6 Å². The predicted molar refractivity (Wildman–Crippen MR) is 124 cm³/mol. The quantitative estimate of drug-likeness (QED) is 0.345. The minimum Gasteiger partial charge on any atom is -0.611 e. The number of fused-ring (bicyclic) bond motifs is 1. The van der Waals surface area contributed by atoms with Crippen LogP contribution in [0, 0.1) is 0 Å². The molecular weight excluding hydrogens is 456 g/mol. The molecule has 0 saturated heterocycles. The number of thioether (sulfide) groups is 1. The summed E-state index contributed by atoms with van der Waals surface area (Å²) < 4.78 is 25.4. The second-order valence-corrected chi connectivity index (χ2v) is 10.1. The predicted octanol–water partition coefficient (Wildman–Crippen LogP) is 6.94. The minimum absolute atomic E-state index is 0.400. The van der Waals surface area contributed by atoms with Gasteiger partial charge in [0.15, 0.2) is 4.24 Å². The van der Waals surface area contributed by atoms with E-state index in [4.69, 9.17) is 9.15 Å². The Morgan fingerprint density at radius 3 is 2.75 bits per heavy atom. The third-order valence-corrected chi connectivity index (χ3v) is 7.42. The van der Waals surface area contributed by atoms with Crippen molar-refractivity contribution >= 4 is 55.9 Å². The molecule has 0 spiro atoms. The molecular formula is C22H23BrO3S2. The van der Waals surface area contributed by atoms with Crippen molar-refractivity contribution in [2.45, 2.75) is 26.4 Å². The number of rotatable bonds is 7. The summed E-state index contributed by atoms with van der Waals surface area (Å²) >= 11 is 4.03. The molecule has 1 heterocycles. The van der Waals surface area contributed by atoms with E-state index in [0.29, 0.717) is 12.5 Å². The SMILES string of the molecule is CS/C(=C\c1ccc(C(C)C)cc1OCc1cc(Br)c2occc2c1)[S+](C)[O-]. The van der Waals surface area contributed by atoms with Gasteiger partial charge in [0, 0.05) is 17.0 Å². The first-order valence-corrected chi connectivity index (χ1v) is 12.5. The van der Waals surface area contributed by atoms with Gasteiger partial charge < -0.3 is 13.7 Å². The van der Waals surface area contributed by atoms with Crippen LogP contribution in [0.3, 0.4) is 0 Å². The monoisotopic (exact) mass is 478 g/mol. The van der Waals surface area contributed by atoms with Crippen molar-refractivity contribution in [1.29, 1.82) is 0 Å². The summed E-state index contributed by atoms with van der Waals surface area (Å²) in [5.74, 6) is 1.20. The molecule has 3 rings (SSSR count). The Kier molecular flexibility index (Phi) is 7.20. The Morgan fingerprint density at radius 1 is 1.29 bits per heavy atom. The molecule has 1 unspecified atom stereocenters. The van der Waals surface area contributed by atoms with Crippen LogP contribution in [0.1, 0.15) is 36.5 Å². The van der Waals surface area contributed by atoms with Crippen LogP contribution in [0.4, 0.5) is 0 Å². The summed E-state index contributed by atoms with van der Waals surface area (Å²) in [5.41, 5.74) is 4.04. The van der Waals surface area contributed by atoms with E-state index in [1.807, 2.05) is 30.5 Å². The first-order chi connectivity index (χ1) is 13.4. The molecule has 1 atom stereocenters. The Balaban J connectivity index is 1.92. The van der Waals surface area contributed by atoms with Crippen LogP contribution in [0.5, 0.6) is 5.75 Å². The Labute approximate surface area is 181 Å². The lowest BCUT2D eigenvalue weighted by molar-refractivity contribution is 0.305. The second kappa shape index (κ2) is 9.44. The Hall–Kier alpha value is -1.34. The van der Waals surface area contributed by atoms with Crippen LogP contribution >= 0.6 is 27.7 Å². The second-order valence-electron chi connectivity index (χ2n) is 6.78. The fraction of sp³-hybridized carbons (Fsp3) is 0.273. The molecule has 0 N–H and O–H groups in total. The van der Waals surface area contributed by atoms with Gasteiger partial charge in [-0.1, -0.05) is 37.7 Å². The Bertz CT molecular complexity index is 993. The lowest BCUT2D eigenvalue weighted by atomic mass is 10.0. The molecule has 1 aromatic heterocycles. The molecule has 0 radical (unpaired) electrons. The van der Waals surface area contributed by atoms with Gasteiger partial charge in [-0.25, -0.2) is 0 Å². The van der Waals surface area contributed by atoms with E-state index in [1.54, 1.807) is 12.5 Å². The molecule has 0 aliphatic carbocycles. The smallest absolute Gasteiger partial charge is 0.186 e. The summed E-state index contributed by atoms with van der Waals surface area (Å²) in [5, 5.41) is 1.04. The molecule has 0 aliphatic rings. The fourth-order valence-electron chi connectivity index (χ4n) is 2.88. The zero-order chi connectivity index (χ0) is 20.3. The van der Waals surface area contributed by atoms with Crippen LogP contribution in [0.2, 0.25) is 0 Å². The van der Waals surface area contributed by atoms with Gasteiger partial charge in [-0.15, -0.1) is 0 Å². The number of benzene rings is 2. The fourth-order valence-corrected chi connectivity index (χ4v) is 4.97. The zero-order valence-electron chi connectivity index (χ0n) is 16.3. The molecule has 0 fully saturated rings. The lowest BCUT2D eigenvalue weighted by Crippen LogP contribution is -2.01. The van der Waals surface area contributed by atoms with Crippen molar-refractivity contribution in [3.8, 4) is 5.75 Å². The van der Waals surface area contributed by atoms with E-state index in [9.17, 15) is 4.55 Å². The molecule has 0 amide bonds. The van der Waals surface area contributed by atoms with Gasteiger partial charge >= 0.3 is 0 Å². The number of ether oxygens (including phenoxy) is 1. The molecule has 0 bridgehead atoms. The van der Waals surface area contributed by atoms with Crippen LogP contribution < -0.4 is 4.74 Å². The molecule has 28 heavy (non-hydrogen) atoms. The van der Waals surface area contributed by atoms with E-state index in [2.05, 4.69) is 48.0 Å². The van der Waals surface area contributed by atoms with Crippen molar-refractivity contribution in [2.75, 3.05) is 12.5 Å². The number of halogens is 1. The summed E-state index contributed by atoms with van der Waals surface area (Å²) in [7, 11) is 0. The number of hydrogen-bond acceptors (Lipinski definition) is 4. The molecule has 0 saturated carbocycles. The van der Waals surface area contributed by atoms with Crippen molar-refractivity contribution in [1.82, 2.24) is 0 Å². The summed E-state index contributed by atoms with van der Waals surface area (Å²) in [6, 6.07) is 12.3. The normalized spacial score (nSPS) is 13.3. The van der Waals surface area contributed by atoms with E-state index >= 15 is 0 Å². The maximum Gasteiger partial charge on any atom is 0.186 e. The van der Waals surface area contributed by atoms with Gasteiger partial charge in [0.2, 0.25) is 0 Å². The first kappa shape index (κ1) is 21.4. The molecule has 3 nitrogen and oxygen atoms in total. The maximum absolute atomic E-state index is 11.9. The summed E-state index contributed by atoms with van der Waals surface area (Å²) in [6.07, 6.45) is 7.27. The average Bonchev–Trinajstić information content (AvgIpc) is 3.13. The average molecular weight is 479 g/mol. The highest BCUT2D eigenvalue weighted by Gasteiger charge is 2.13. The number of hydrogen-bond donors (Lipinski definition) is 0. The van der Waals surface area contributed by atoms with Crippen LogP contribution in [0.25, 0.3) is 17.0 Å². The van der Waals surface area contributed by atoms with Crippen molar-refractivity contribution in [3.05, 3.63) is 68.1 Å². The van der Waals surface area contributed by atoms with Crippen LogP contribution in [0.15, 0.2) is 55.8 Å². The summed E-state index contributed by atoms with van der Waals surface area (Å²) in [6.45, 7) is 4.76. The van der Waals surface area contributed by atoms with Crippen molar-refractivity contribution in [2.24, 2.45) is 0 Å². The summed E-state index contributed by atoms with van der Waals surface area (Å²) in [4.78, 5) is 0. The maximum atomic E-state index is 11.9. The minimum atomic E-state index is -1.03.